The normalized spacial score (nSPS) is 16.3. The van der Waals surface area contributed by atoms with Crippen molar-refractivity contribution in [1.29, 1.82) is 0 Å². The second-order valence-electron chi connectivity index (χ2n) is 7.79. The molecule has 10 heteroatoms. The van der Waals surface area contributed by atoms with Crippen molar-refractivity contribution in [2.45, 2.75) is 43.8 Å². The van der Waals surface area contributed by atoms with Crippen molar-refractivity contribution in [1.82, 2.24) is 9.62 Å². The lowest BCUT2D eigenvalue weighted by molar-refractivity contribution is -0.119. The van der Waals surface area contributed by atoms with Gasteiger partial charge in [0.1, 0.15) is 11.8 Å². The van der Waals surface area contributed by atoms with Gasteiger partial charge in [-0.1, -0.05) is 30.3 Å². The van der Waals surface area contributed by atoms with E-state index in [0.717, 1.165) is 5.56 Å². The van der Waals surface area contributed by atoms with Crippen LogP contribution in [0.2, 0.25) is 0 Å². The Morgan fingerprint density at radius 1 is 1.16 bits per heavy atom. The van der Waals surface area contributed by atoms with Crippen molar-refractivity contribution in [2.75, 3.05) is 12.1 Å². The minimum absolute atomic E-state index is 0.106. The first-order valence-electron chi connectivity index (χ1n) is 10.2. The summed E-state index contributed by atoms with van der Waals surface area (Å²) in [5.74, 6) is -0.977. The van der Waals surface area contributed by atoms with Gasteiger partial charge in [0.2, 0.25) is 15.9 Å². The fourth-order valence-electron chi connectivity index (χ4n) is 3.20. The molecule has 3 rings (SSSR count). The highest BCUT2D eigenvalue weighted by atomic mass is 32.2. The van der Waals surface area contributed by atoms with Crippen LogP contribution in [0.3, 0.4) is 0 Å². The molecule has 0 radical (unpaired) electrons. The van der Waals surface area contributed by atoms with Crippen molar-refractivity contribution >= 4 is 33.2 Å². The van der Waals surface area contributed by atoms with Gasteiger partial charge in [0.05, 0.1) is 10.6 Å². The van der Waals surface area contributed by atoms with E-state index in [1.165, 1.54) is 28.5 Å². The highest BCUT2D eigenvalue weighted by Crippen LogP contribution is 2.24. The molecule has 0 bridgehead atoms. The Hall–Kier alpha value is -3.24. The van der Waals surface area contributed by atoms with Crippen LogP contribution in [-0.2, 0) is 26.2 Å². The fraction of sp³-hybridized carbons (Fsp3) is 0.318. The zero-order chi connectivity index (χ0) is 23.5. The third-order valence-corrected chi connectivity index (χ3v) is 7.35. The average Bonchev–Trinajstić information content (AvgIpc) is 3.24. The van der Waals surface area contributed by atoms with E-state index in [1.807, 2.05) is 18.2 Å². The van der Waals surface area contributed by atoms with Crippen molar-refractivity contribution < 1.29 is 18.0 Å². The SMILES string of the molecule is CC(C)N(C)S(=O)(=O)c1ccc(CNC(=O)C2=NN(c3ccccc3)C(C(N)=O)C2)cc1. The number of para-hydroxylation sites is 1. The predicted octanol–water partition coefficient (Wildman–Crippen LogP) is 1.45. The number of hydrogen-bond donors (Lipinski definition) is 2. The number of nitrogens with zero attached hydrogens (tertiary/aromatic N) is 3. The number of amides is 2. The van der Waals surface area contributed by atoms with Gasteiger partial charge in [-0.15, -0.1) is 0 Å². The molecule has 32 heavy (non-hydrogen) atoms. The Morgan fingerprint density at radius 2 is 1.78 bits per heavy atom. The van der Waals surface area contributed by atoms with E-state index in [2.05, 4.69) is 10.4 Å². The van der Waals surface area contributed by atoms with Gasteiger partial charge in [0, 0.05) is 26.1 Å². The molecule has 0 spiro atoms. The van der Waals surface area contributed by atoms with Gasteiger partial charge in [0.25, 0.3) is 5.91 Å². The zero-order valence-electron chi connectivity index (χ0n) is 18.2. The molecular weight excluding hydrogens is 430 g/mol. The van der Waals surface area contributed by atoms with Gasteiger partial charge in [-0.3, -0.25) is 14.6 Å². The number of carbonyl (C=O) groups excluding carboxylic acids is 2. The lowest BCUT2D eigenvalue weighted by atomic mass is 10.1. The standard InChI is InChI=1S/C22H27N5O4S/c1-15(2)26(3)32(30,31)18-11-9-16(10-12-18)14-24-22(29)19-13-20(21(23)28)27(25-19)17-7-5-4-6-8-17/h4-12,15,20H,13-14H2,1-3H3,(H2,23,28)(H,24,29). The number of nitrogens with two attached hydrogens (primary N) is 1. The van der Waals surface area contributed by atoms with E-state index in [9.17, 15) is 18.0 Å². The molecule has 2 amide bonds. The topological polar surface area (TPSA) is 125 Å². The predicted molar refractivity (Wildman–Crippen MR) is 122 cm³/mol. The Bertz CT molecular complexity index is 1110. The van der Waals surface area contributed by atoms with Crippen molar-refractivity contribution in [3.8, 4) is 0 Å². The Kier molecular flexibility index (Phi) is 6.95. The Morgan fingerprint density at radius 3 is 2.34 bits per heavy atom. The Labute approximate surface area is 187 Å². The number of primary amides is 1. The van der Waals surface area contributed by atoms with Crippen LogP contribution >= 0.6 is 0 Å². The molecule has 0 saturated carbocycles. The molecule has 1 atom stereocenters. The molecule has 1 aliphatic heterocycles. The molecule has 0 fully saturated rings. The molecule has 2 aromatic carbocycles. The molecule has 1 heterocycles. The number of sulfonamides is 1. The fourth-order valence-corrected chi connectivity index (χ4v) is 4.56. The summed E-state index contributed by atoms with van der Waals surface area (Å²) in [4.78, 5) is 24.7. The molecular formula is C22H27N5O4S. The number of rotatable bonds is 8. The zero-order valence-corrected chi connectivity index (χ0v) is 19.0. The van der Waals surface area contributed by atoms with E-state index in [1.54, 1.807) is 38.1 Å². The van der Waals surface area contributed by atoms with Crippen LogP contribution in [0, 0.1) is 0 Å². The number of benzene rings is 2. The smallest absolute Gasteiger partial charge is 0.267 e. The lowest BCUT2D eigenvalue weighted by Gasteiger charge is -2.21. The van der Waals surface area contributed by atoms with E-state index < -0.39 is 27.9 Å². The molecule has 1 aliphatic rings. The number of carbonyl (C=O) groups is 2. The van der Waals surface area contributed by atoms with Gasteiger partial charge in [0.15, 0.2) is 0 Å². The van der Waals surface area contributed by atoms with Crippen LogP contribution in [0.15, 0.2) is 64.6 Å². The van der Waals surface area contributed by atoms with Gasteiger partial charge >= 0.3 is 0 Å². The van der Waals surface area contributed by atoms with Crippen LogP contribution in [0.25, 0.3) is 0 Å². The number of anilines is 1. The maximum Gasteiger partial charge on any atom is 0.267 e. The lowest BCUT2D eigenvalue weighted by Crippen LogP contribution is -2.39. The van der Waals surface area contributed by atoms with Gasteiger partial charge < -0.3 is 11.1 Å². The minimum Gasteiger partial charge on any atom is -0.368 e. The first kappa shape index (κ1) is 23.4. The summed E-state index contributed by atoms with van der Waals surface area (Å²) in [5, 5.41) is 8.53. The maximum absolute atomic E-state index is 12.6. The monoisotopic (exact) mass is 457 g/mol. The van der Waals surface area contributed by atoms with Crippen LogP contribution in [0.5, 0.6) is 0 Å². The summed E-state index contributed by atoms with van der Waals surface area (Å²) in [7, 11) is -2.03. The highest BCUT2D eigenvalue weighted by Gasteiger charge is 2.34. The average molecular weight is 458 g/mol. The van der Waals surface area contributed by atoms with Crippen LogP contribution < -0.4 is 16.1 Å². The van der Waals surface area contributed by atoms with Crippen LogP contribution in [-0.4, -0.2) is 49.4 Å². The minimum atomic E-state index is -3.57. The Balaban J connectivity index is 1.67. The van der Waals surface area contributed by atoms with E-state index >= 15 is 0 Å². The molecule has 0 aromatic heterocycles. The number of hydrogen-bond acceptors (Lipinski definition) is 6. The quantitative estimate of drug-likeness (QED) is 0.621. The third kappa shape index (κ3) is 4.97. The molecule has 9 nitrogen and oxygen atoms in total. The van der Waals surface area contributed by atoms with Gasteiger partial charge in [-0.05, 0) is 43.7 Å². The maximum atomic E-state index is 12.6. The first-order chi connectivity index (χ1) is 15.1. The second-order valence-corrected chi connectivity index (χ2v) is 9.79. The van der Waals surface area contributed by atoms with Crippen molar-refractivity contribution in [3.05, 3.63) is 60.2 Å². The number of hydrazone groups is 1. The van der Waals surface area contributed by atoms with Gasteiger partial charge in [-0.25, -0.2) is 8.42 Å². The molecule has 170 valence electrons. The van der Waals surface area contributed by atoms with Crippen LogP contribution in [0.1, 0.15) is 25.8 Å². The third-order valence-electron chi connectivity index (χ3n) is 5.30. The van der Waals surface area contributed by atoms with E-state index in [-0.39, 0.29) is 29.6 Å². The summed E-state index contributed by atoms with van der Waals surface area (Å²) in [6, 6.07) is 14.5. The summed E-state index contributed by atoms with van der Waals surface area (Å²) >= 11 is 0. The summed E-state index contributed by atoms with van der Waals surface area (Å²) in [6.07, 6.45) is 0.106. The molecule has 2 aromatic rings. The van der Waals surface area contributed by atoms with E-state index in [4.69, 9.17) is 5.73 Å². The van der Waals surface area contributed by atoms with E-state index in [0.29, 0.717) is 5.69 Å². The molecule has 1 unspecified atom stereocenters. The largest absolute Gasteiger partial charge is 0.368 e. The van der Waals surface area contributed by atoms with Crippen molar-refractivity contribution in [2.24, 2.45) is 10.8 Å². The highest BCUT2D eigenvalue weighted by molar-refractivity contribution is 7.89. The summed E-state index contributed by atoms with van der Waals surface area (Å²) < 4.78 is 26.4. The summed E-state index contributed by atoms with van der Waals surface area (Å²) in [5.41, 5.74) is 7.11. The molecule has 3 N–H and O–H groups in total. The molecule has 0 aliphatic carbocycles. The number of nitrogens with one attached hydrogen (secondary N) is 1. The first-order valence-corrected chi connectivity index (χ1v) is 11.6. The van der Waals surface area contributed by atoms with Gasteiger partial charge in [-0.2, -0.15) is 9.41 Å². The van der Waals surface area contributed by atoms with Crippen LogP contribution in [0.4, 0.5) is 5.69 Å². The second kappa shape index (κ2) is 9.49. The summed E-state index contributed by atoms with van der Waals surface area (Å²) in [6.45, 7) is 3.79. The molecule has 0 saturated heterocycles. The van der Waals surface area contributed by atoms with Crippen molar-refractivity contribution in [3.63, 3.8) is 0 Å².